The highest BCUT2D eigenvalue weighted by Crippen LogP contribution is 2.38. The Kier molecular flexibility index (Phi) is 6.82. The fraction of sp³-hybridized carbons (Fsp3) is 1.00. The summed E-state index contributed by atoms with van der Waals surface area (Å²) < 4.78 is 0. The summed E-state index contributed by atoms with van der Waals surface area (Å²) in [4.78, 5) is 2.72. The van der Waals surface area contributed by atoms with Gasteiger partial charge in [0.25, 0.3) is 0 Å². The minimum absolute atomic E-state index is 0.433. The number of hydrogen-bond acceptors (Lipinski definition) is 2. The van der Waals surface area contributed by atoms with Crippen LogP contribution in [0.1, 0.15) is 67.2 Å². The fourth-order valence-electron chi connectivity index (χ4n) is 3.68. The van der Waals surface area contributed by atoms with Gasteiger partial charge in [0.05, 0.1) is 0 Å². The highest BCUT2D eigenvalue weighted by atomic mass is 15.2. The van der Waals surface area contributed by atoms with E-state index < -0.39 is 0 Å². The van der Waals surface area contributed by atoms with Gasteiger partial charge in [-0.2, -0.15) is 0 Å². The molecule has 0 aromatic heterocycles. The van der Waals surface area contributed by atoms with Gasteiger partial charge in [-0.1, -0.05) is 48.0 Å². The first-order valence-electron chi connectivity index (χ1n) is 8.39. The van der Waals surface area contributed by atoms with Crippen molar-refractivity contribution in [3.8, 4) is 0 Å². The van der Waals surface area contributed by atoms with Crippen LogP contribution in [-0.4, -0.2) is 36.6 Å². The average Bonchev–Trinajstić information content (AvgIpc) is 2.33. The predicted octanol–water partition coefficient (Wildman–Crippen LogP) is 3.91. The maximum atomic E-state index is 3.86. The van der Waals surface area contributed by atoms with Crippen LogP contribution in [0.2, 0.25) is 0 Å². The number of rotatable bonds is 7. The molecule has 1 rings (SSSR count). The predicted molar refractivity (Wildman–Crippen MR) is 85.6 cm³/mol. The number of nitrogens with zero attached hydrogens (tertiary/aromatic N) is 1. The maximum absolute atomic E-state index is 3.86. The van der Waals surface area contributed by atoms with Crippen molar-refractivity contribution in [2.45, 2.75) is 79.3 Å². The van der Waals surface area contributed by atoms with E-state index in [0.717, 1.165) is 18.5 Å². The first kappa shape index (κ1) is 17.0. The van der Waals surface area contributed by atoms with Gasteiger partial charge in [-0.25, -0.2) is 0 Å². The van der Waals surface area contributed by atoms with Gasteiger partial charge in [0.2, 0.25) is 0 Å². The monoisotopic (exact) mass is 268 g/mol. The van der Waals surface area contributed by atoms with Gasteiger partial charge in [0.1, 0.15) is 0 Å². The van der Waals surface area contributed by atoms with Crippen molar-refractivity contribution in [1.29, 1.82) is 0 Å². The fourth-order valence-corrected chi connectivity index (χ4v) is 3.68. The smallest absolute Gasteiger partial charge is 0.0274 e. The molecule has 2 unspecified atom stereocenters. The summed E-state index contributed by atoms with van der Waals surface area (Å²) >= 11 is 0. The Morgan fingerprint density at radius 3 is 2.47 bits per heavy atom. The Morgan fingerprint density at radius 1 is 1.26 bits per heavy atom. The molecule has 0 aromatic carbocycles. The summed E-state index contributed by atoms with van der Waals surface area (Å²) in [6.07, 6.45) is 5.35. The molecule has 0 radical (unpaired) electrons. The lowest BCUT2D eigenvalue weighted by atomic mass is 9.70. The SMILES string of the molecule is CCCNC1C(N(CC)CC(C)C)CCCC1(C)C. The van der Waals surface area contributed by atoms with Crippen LogP contribution >= 0.6 is 0 Å². The second-order valence-corrected chi connectivity index (χ2v) is 7.36. The molecule has 0 aliphatic heterocycles. The Labute approximate surface area is 121 Å². The molecule has 0 saturated heterocycles. The third kappa shape index (κ3) is 4.75. The molecule has 114 valence electrons. The van der Waals surface area contributed by atoms with Crippen molar-refractivity contribution < 1.29 is 0 Å². The van der Waals surface area contributed by atoms with Crippen molar-refractivity contribution in [2.75, 3.05) is 19.6 Å². The molecule has 2 atom stereocenters. The molecular formula is C17H36N2. The molecule has 0 aromatic rings. The van der Waals surface area contributed by atoms with Crippen LogP contribution in [0.5, 0.6) is 0 Å². The van der Waals surface area contributed by atoms with Gasteiger partial charge in [0.15, 0.2) is 0 Å². The quantitative estimate of drug-likeness (QED) is 0.753. The largest absolute Gasteiger partial charge is 0.312 e. The van der Waals surface area contributed by atoms with Gasteiger partial charge >= 0.3 is 0 Å². The van der Waals surface area contributed by atoms with E-state index in [1.165, 1.54) is 38.8 Å². The lowest BCUT2D eigenvalue weighted by Gasteiger charge is -2.49. The van der Waals surface area contributed by atoms with Gasteiger partial charge < -0.3 is 5.32 Å². The normalized spacial score (nSPS) is 27.2. The summed E-state index contributed by atoms with van der Waals surface area (Å²) in [5, 5.41) is 3.86. The number of hydrogen-bond donors (Lipinski definition) is 1. The van der Waals surface area contributed by atoms with E-state index in [0.29, 0.717) is 11.5 Å². The molecule has 2 heteroatoms. The van der Waals surface area contributed by atoms with Crippen molar-refractivity contribution in [3.63, 3.8) is 0 Å². The molecule has 0 bridgehead atoms. The lowest BCUT2D eigenvalue weighted by Crippen LogP contribution is -2.59. The summed E-state index contributed by atoms with van der Waals surface area (Å²) in [6, 6.07) is 1.38. The van der Waals surface area contributed by atoms with Gasteiger partial charge in [-0.05, 0) is 43.7 Å². The molecule has 0 heterocycles. The second kappa shape index (κ2) is 7.64. The van der Waals surface area contributed by atoms with Gasteiger partial charge in [-0.3, -0.25) is 4.90 Å². The third-order valence-corrected chi connectivity index (χ3v) is 4.64. The average molecular weight is 268 g/mol. The van der Waals surface area contributed by atoms with E-state index >= 15 is 0 Å². The topological polar surface area (TPSA) is 15.3 Å². The van der Waals surface area contributed by atoms with E-state index in [2.05, 4.69) is 51.8 Å². The molecule has 1 saturated carbocycles. The highest BCUT2D eigenvalue weighted by molar-refractivity contribution is 4.98. The lowest BCUT2D eigenvalue weighted by molar-refractivity contribution is 0.0449. The first-order valence-corrected chi connectivity index (χ1v) is 8.39. The van der Waals surface area contributed by atoms with Crippen LogP contribution in [0.15, 0.2) is 0 Å². The minimum atomic E-state index is 0.433. The molecule has 19 heavy (non-hydrogen) atoms. The van der Waals surface area contributed by atoms with Crippen molar-refractivity contribution in [1.82, 2.24) is 10.2 Å². The first-order chi connectivity index (χ1) is 8.92. The molecule has 1 aliphatic rings. The Balaban J connectivity index is 2.80. The maximum Gasteiger partial charge on any atom is 0.0274 e. The Morgan fingerprint density at radius 2 is 1.95 bits per heavy atom. The molecular weight excluding hydrogens is 232 g/mol. The van der Waals surface area contributed by atoms with E-state index in [4.69, 9.17) is 0 Å². The van der Waals surface area contributed by atoms with E-state index in [9.17, 15) is 0 Å². The van der Waals surface area contributed by atoms with Crippen LogP contribution in [-0.2, 0) is 0 Å². The molecule has 2 nitrogen and oxygen atoms in total. The standard InChI is InChI=1S/C17H36N2/c1-7-12-18-16-15(10-9-11-17(16,5)6)19(8-2)13-14(3)4/h14-16,18H,7-13H2,1-6H3. The summed E-state index contributed by atoms with van der Waals surface area (Å²) in [5.41, 5.74) is 0.433. The number of nitrogens with one attached hydrogen (secondary N) is 1. The van der Waals surface area contributed by atoms with Crippen LogP contribution in [0.3, 0.4) is 0 Å². The summed E-state index contributed by atoms with van der Waals surface area (Å²) in [5.74, 6) is 0.761. The zero-order chi connectivity index (χ0) is 14.5. The number of likely N-dealkylation sites (N-methyl/N-ethyl adjacent to an activating group) is 1. The van der Waals surface area contributed by atoms with Crippen molar-refractivity contribution in [2.24, 2.45) is 11.3 Å². The Hall–Kier alpha value is -0.0800. The van der Waals surface area contributed by atoms with E-state index in [1.54, 1.807) is 0 Å². The van der Waals surface area contributed by atoms with Crippen LogP contribution < -0.4 is 5.32 Å². The zero-order valence-corrected chi connectivity index (χ0v) is 14.1. The van der Waals surface area contributed by atoms with Crippen molar-refractivity contribution in [3.05, 3.63) is 0 Å². The molecule has 1 fully saturated rings. The van der Waals surface area contributed by atoms with E-state index in [-0.39, 0.29) is 0 Å². The second-order valence-electron chi connectivity index (χ2n) is 7.36. The van der Waals surface area contributed by atoms with E-state index in [1.807, 2.05) is 0 Å². The van der Waals surface area contributed by atoms with Crippen LogP contribution in [0.25, 0.3) is 0 Å². The third-order valence-electron chi connectivity index (χ3n) is 4.64. The highest BCUT2D eigenvalue weighted by Gasteiger charge is 2.40. The van der Waals surface area contributed by atoms with Crippen LogP contribution in [0.4, 0.5) is 0 Å². The summed E-state index contributed by atoms with van der Waals surface area (Å²) in [7, 11) is 0. The summed E-state index contributed by atoms with van der Waals surface area (Å²) in [6.45, 7) is 17.8. The zero-order valence-electron chi connectivity index (χ0n) is 14.1. The minimum Gasteiger partial charge on any atom is -0.312 e. The van der Waals surface area contributed by atoms with Crippen LogP contribution in [0, 0.1) is 11.3 Å². The van der Waals surface area contributed by atoms with Gasteiger partial charge in [0, 0.05) is 18.6 Å². The molecule has 1 aliphatic carbocycles. The molecule has 1 N–H and O–H groups in total. The molecule has 0 amide bonds. The molecule has 0 spiro atoms. The Bertz CT molecular complexity index is 248. The van der Waals surface area contributed by atoms with Crippen molar-refractivity contribution >= 4 is 0 Å². The van der Waals surface area contributed by atoms with Gasteiger partial charge in [-0.15, -0.1) is 0 Å².